The lowest BCUT2D eigenvalue weighted by molar-refractivity contribution is 0.102. The van der Waals surface area contributed by atoms with Gasteiger partial charge in [0.15, 0.2) is 0 Å². The predicted molar refractivity (Wildman–Crippen MR) is 70.5 cm³/mol. The molecule has 0 amide bonds. The van der Waals surface area contributed by atoms with Crippen LogP contribution in [0.2, 0.25) is 0 Å². The molecule has 1 aromatic rings. The summed E-state index contributed by atoms with van der Waals surface area (Å²) in [7, 11) is 1.72. The van der Waals surface area contributed by atoms with E-state index in [9.17, 15) is 0 Å². The van der Waals surface area contributed by atoms with E-state index < -0.39 is 0 Å². The summed E-state index contributed by atoms with van der Waals surface area (Å²) in [5.41, 5.74) is 1.38. The van der Waals surface area contributed by atoms with Gasteiger partial charge in [0.2, 0.25) is 0 Å². The lowest BCUT2D eigenvalue weighted by atomic mass is 9.91. The van der Waals surface area contributed by atoms with Gasteiger partial charge in [-0.2, -0.15) is 0 Å². The van der Waals surface area contributed by atoms with Crippen LogP contribution >= 0.6 is 0 Å². The molecule has 0 radical (unpaired) electrons. The van der Waals surface area contributed by atoms with Gasteiger partial charge in [-0.25, -0.2) is 0 Å². The van der Waals surface area contributed by atoms with Crippen molar-refractivity contribution in [2.24, 2.45) is 0 Å². The fourth-order valence-corrected chi connectivity index (χ4v) is 2.41. The molecule has 1 aromatic carbocycles. The Labute approximate surface area is 104 Å². The minimum Gasteiger partial charge on any atom is -0.497 e. The fraction of sp³-hybridized carbons (Fsp3) is 0.571. The van der Waals surface area contributed by atoms with Gasteiger partial charge in [0.25, 0.3) is 0 Å². The van der Waals surface area contributed by atoms with Crippen LogP contribution in [0, 0.1) is 0 Å². The highest BCUT2D eigenvalue weighted by Crippen LogP contribution is 2.30. The van der Waals surface area contributed by atoms with Crippen LogP contribution in [0.15, 0.2) is 24.3 Å². The maximum atomic E-state index is 5.31. The molecule has 17 heavy (non-hydrogen) atoms. The van der Waals surface area contributed by atoms with Gasteiger partial charge in [-0.15, -0.1) is 0 Å². The number of ether oxygens (including phenoxy) is 1. The number of hydrogen-bond acceptors (Lipinski definition) is 3. The summed E-state index contributed by atoms with van der Waals surface area (Å²) < 4.78 is 5.31. The number of nitrogens with zero attached hydrogens (tertiary/aromatic N) is 1. The molecule has 94 valence electrons. The first-order valence-corrected chi connectivity index (χ1v) is 6.25. The summed E-state index contributed by atoms with van der Waals surface area (Å²) in [6.07, 6.45) is 0. The topological polar surface area (TPSA) is 24.5 Å². The molecular formula is C14H22N2O. The normalized spacial score (nSPS) is 18.1. The first kappa shape index (κ1) is 12.4. The van der Waals surface area contributed by atoms with Crippen molar-refractivity contribution in [3.8, 4) is 5.75 Å². The van der Waals surface area contributed by atoms with Crippen LogP contribution in [0.3, 0.4) is 0 Å². The second-order valence-corrected chi connectivity index (χ2v) is 5.03. The van der Waals surface area contributed by atoms with E-state index in [1.54, 1.807) is 7.11 Å². The first-order chi connectivity index (χ1) is 8.14. The average Bonchev–Trinajstić information content (AvgIpc) is 2.40. The minimum absolute atomic E-state index is 0.0661. The number of rotatable bonds is 3. The van der Waals surface area contributed by atoms with Gasteiger partial charge < -0.3 is 10.1 Å². The van der Waals surface area contributed by atoms with Gasteiger partial charge in [-0.05, 0) is 31.5 Å². The number of piperazine rings is 1. The van der Waals surface area contributed by atoms with E-state index in [0.717, 1.165) is 31.9 Å². The molecule has 1 saturated heterocycles. The monoisotopic (exact) mass is 234 g/mol. The Morgan fingerprint density at radius 1 is 1.24 bits per heavy atom. The lowest BCUT2D eigenvalue weighted by Crippen LogP contribution is -2.51. The van der Waals surface area contributed by atoms with E-state index in [0.29, 0.717) is 0 Å². The van der Waals surface area contributed by atoms with Gasteiger partial charge in [-0.1, -0.05) is 12.1 Å². The second kappa shape index (κ2) is 5.07. The molecule has 3 nitrogen and oxygen atoms in total. The van der Waals surface area contributed by atoms with Gasteiger partial charge >= 0.3 is 0 Å². The van der Waals surface area contributed by atoms with Crippen molar-refractivity contribution in [3.05, 3.63) is 29.8 Å². The largest absolute Gasteiger partial charge is 0.497 e. The van der Waals surface area contributed by atoms with Crippen LogP contribution in [0.25, 0.3) is 0 Å². The summed E-state index contributed by atoms with van der Waals surface area (Å²) >= 11 is 0. The molecule has 0 atom stereocenters. The quantitative estimate of drug-likeness (QED) is 0.863. The fourth-order valence-electron chi connectivity index (χ4n) is 2.41. The summed E-state index contributed by atoms with van der Waals surface area (Å²) in [5.74, 6) is 0.936. The zero-order valence-corrected chi connectivity index (χ0v) is 11.0. The SMILES string of the molecule is COc1cccc(C(C)(C)N2CCNCC2)c1. The van der Waals surface area contributed by atoms with E-state index in [-0.39, 0.29) is 5.54 Å². The highest BCUT2D eigenvalue weighted by molar-refractivity contribution is 5.32. The zero-order chi connectivity index (χ0) is 12.3. The Kier molecular flexibility index (Phi) is 3.69. The van der Waals surface area contributed by atoms with Crippen molar-refractivity contribution in [1.29, 1.82) is 0 Å². The van der Waals surface area contributed by atoms with Gasteiger partial charge in [-0.3, -0.25) is 4.90 Å². The van der Waals surface area contributed by atoms with E-state index in [2.05, 4.69) is 42.3 Å². The van der Waals surface area contributed by atoms with Crippen LogP contribution in [-0.4, -0.2) is 38.2 Å². The van der Waals surface area contributed by atoms with Crippen LogP contribution in [0.4, 0.5) is 0 Å². The van der Waals surface area contributed by atoms with E-state index in [1.807, 2.05) is 6.07 Å². The zero-order valence-electron chi connectivity index (χ0n) is 11.0. The third kappa shape index (κ3) is 2.61. The molecule has 0 bridgehead atoms. The maximum absolute atomic E-state index is 5.31. The molecular weight excluding hydrogens is 212 g/mol. The molecule has 0 spiro atoms. The summed E-state index contributed by atoms with van der Waals surface area (Å²) in [5, 5.41) is 3.39. The highest BCUT2D eigenvalue weighted by Gasteiger charge is 2.29. The number of nitrogens with one attached hydrogen (secondary N) is 1. The molecule has 0 aromatic heterocycles. The number of hydrogen-bond donors (Lipinski definition) is 1. The maximum Gasteiger partial charge on any atom is 0.119 e. The van der Waals surface area contributed by atoms with Crippen molar-refractivity contribution >= 4 is 0 Å². The van der Waals surface area contributed by atoms with E-state index in [4.69, 9.17) is 4.74 Å². The molecule has 3 heteroatoms. The molecule has 0 saturated carbocycles. The molecule has 0 unspecified atom stereocenters. The molecule has 2 rings (SSSR count). The average molecular weight is 234 g/mol. The molecule has 0 aliphatic carbocycles. The van der Waals surface area contributed by atoms with E-state index in [1.165, 1.54) is 5.56 Å². The van der Waals surface area contributed by atoms with Crippen molar-refractivity contribution in [3.63, 3.8) is 0 Å². The van der Waals surface area contributed by atoms with Gasteiger partial charge in [0.1, 0.15) is 5.75 Å². The Morgan fingerprint density at radius 2 is 1.94 bits per heavy atom. The standard InChI is InChI=1S/C14H22N2O/c1-14(2,16-9-7-15-8-10-16)12-5-4-6-13(11-12)17-3/h4-6,11,15H,7-10H2,1-3H3. The number of benzene rings is 1. The number of methoxy groups -OCH3 is 1. The lowest BCUT2D eigenvalue weighted by Gasteiger charge is -2.41. The Hall–Kier alpha value is -1.06. The smallest absolute Gasteiger partial charge is 0.119 e. The van der Waals surface area contributed by atoms with Crippen LogP contribution in [0.1, 0.15) is 19.4 Å². The first-order valence-electron chi connectivity index (χ1n) is 6.25. The summed E-state index contributed by atoms with van der Waals surface area (Å²) in [6, 6.07) is 8.39. The summed E-state index contributed by atoms with van der Waals surface area (Å²) in [4.78, 5) is 2.53. The van der Waals surface area contributed by atoms with Crippen LogP contribution in [0.5, 0.6) is 5.75 Å². The van der Waals surface area contributed by atoms with Crippen molar-refractivity contribution in [2.45, 2.75) is 19.4 Å². The Morgan fingerprint density at radius 3 is 2.59 bits per heavy atom. The van der Waals surface area contributed by atoms with Gasteiger partial charge in [0, 0.05) is 31.7 Å². The van der Waals surface area contributed by atoms with Crippen molar-refractivity contribution in [1.82, 2.24) is 10.2 Å². The molecule has 1 fully saturated rings. The molecule has 1 heterocycles. The molecule has 1 aliphatic rings. The molecule has 1 N–H and O–H groups in total. The molecule has 1 aliphatic heterocycles. The summed E-state index contributed by atoms with van der Waals surface area (Å²) in [6.45, 7) is 8.93. The predicted octanol–water partition coefficient (Wildman–Crippen LogP) is 1.84. The third-order valence-corrected chi connectivity index (χ3v) is 3.68. The van der Waals surface area contributed by atoms with Crippen LogP contribution < -0.4 is 10.1 Å². The second-order valence-electron chi connectivity index (χ2n) is 5.03. The third-order valence-electron chi connectivity index (χ3n) is 3.68. The minimum atomic E-state index is 0.0661. The van der Waals surface area contributed by atoms with Gasteiger partial charge in [0.05, 0.1) is 7.11 Å². The van der Waals surface area contributed by atoms with Crippen molar-refractivity contribution < 1.29 is 4.74 Å². The van der Waals surface area contributed by atoms with Crippen LogP contribution in [-0.2, 0) is 5.54 Å². The van der Waals surface area contributed by atoms with E-state index >= 15 is 0 Å². The van der Waals surface area contributed by atoms with Crippen molar-refractivity contribution in [2.75, 3.05) is 33.3 Å². The Bertz CT molecular complexity index is 370. The highest BCUT2D eigenvalue weighted by atomic mass is 16.5. The Balaban J connectivity index is 2.22.